The zero-order valence-corrected chi connectivity index (χ0v) is 19.2. The third-order valence-electron chi connectivity index (χ3n) is 5.67. The molecule has 0 N–H and O–H groups in total. The summed E-state index contributed by atoms with van der Waals surface area (Å²) in [6, 6.07) is 20.6. The summed E-state index contributed by atoms with van der Waals surface area (Å²) in [6.07, 6.45) is 1.61. The van der Waals surface area contributed by atoms with E-state index in [0.717, 1.165) is 58.2 Å². The van der Waals surface area contributed by atoms with E-state index in [1.165, 1.54) is 5.56 Å². The van der Waals surface area contributed by atoms with Crippen molar-refractivity contribution < 1.29 is 14.2 Å². The lowest BCUT2D eigenvalue weighted by Crippen LogP contribution is -2.09. The molecule has 0 saturated carbocycles. The maximum atomic E-state index is 6.08. The molecule has 5 nitrogen and oxygen atoms in total. The van der Waals surface area contributed by atoms with Gasteiger partial charge in [0.15, 0.2) is 11.5 Å². The molecule has 0 aliphatic carbocycles. The van der Waals surface area contributed by atoms with Crippen molar-refractivity contribution in [1.82, 2.24) is 9.55 Å². The van der Waals surface area contributed by atoms with Crippen molar-refractivity contribution >= 4 is 11.0 Å². The van der Waals surface area contributed by atoms with Crippen LogP contribution in [0.3, 0.4) is 0 Å². The van der Waals surface area contributed by atoms with Crippen molar-refractivity contribution in [3.8, 4) is 17.2 Å². The van der Waals surface area contributed by atoms with Gasteiger partial charge in [0.25, 0.3) is 0 Å². The van der Waals surface area contributed by atoms with Crippen molar-refractivity contribution in [2.45, 2.75) is 33.2 Å². The van der Waals surface area contributed by atoms with Gasteiger partial charge in [-0.1, -0.05) is 30.3 Å². The molecule has 5 heteroatoms. The van der Waals surface area contributed by atoms with Gasteiger partial charge in [-0.3, -0.25) is 0 Å². The van der Waals surface area contributed by atoms with Crippen LogP contribution in [0.25, 0.3) is 11.0 Å². The van der Waals surface area contributed by atoms with Crippen LogP contribution in [0.1, 0.15) is 28.9 Å². The van der Waals surface area contributed by atoms with Crippen LogP contribution in [-0.4, -0.2) is 30.4 Å². The highest BCUT2D eigenvalue weighted by molar-refractivity contribution is 5.76. The van der Waals surface area contributed by atoms with Crippen molar-refractivity contribution in [2.24, 2.45) is 0 Å². The molecule has 4 rings (SSSR count). The highest BCUT2D eigenvalue weighted by Gasteiger charge is 2.13. The highest BCUT2D eigenvalue weighted by Crippen LogP contribution is 2.29. The second-order valence-electron chi connectivity index (χ2n) is 8.01. The van der Waals surface area contributed by atoms with Crippen molar-refractivity contribution in [2.75, 3.05) is 20.8 Å². The van der Waals surface area contributed by atoms with Crippen LogP contribution in [-0.2, 0) is 13.0 Å². The Morgan fingerprint density at radius 1 is 0.844 bits per heavy atom. The van der Waals surface area contributed by atoms with E-state index in [1.54, 1.807) is 14.2 Å². The number of hydrogen-bond donors (Lipinski definition) is 0. The Hall–Kier alpha value is -3.47. The molecule has 1 aromatic heterocycles. The standard InChI is InChI=1S/C27H30N2O3/c1-19-10-11-20(2)25(16-19)32-15-7-14-29-23-9-6-5-8-22(23)28-27(29)18-21-12-13-24(30-3)26(17-21)31-4/h5-6,8-13,16-17H,7,14-15,18H2,1-4H3. The molecule has 0 fully saturated rings. The Morgan fingerprint density at radius 2 is 1.66 bits per heavy atom. The van der Waals surface area contributed by atoms with E-state index >= 15 is 0 Å². The van der Waals surface area contributed by atoms with Crippen LogP contribution in [0.5, 0.6) is 17.2 Å². The maximum absolute atomic E-state index is 6.08. The molecule has 0 aliphatic heterocycles. The van der Waals surface area contributed by atoms with Gasteiger partial charge in [0.1, 0.15) is 11.6 Å². The van der Waals surface area contributed by atoms with E-state index < -0.39 is 0 Å². The van der Waals surface area contributed by atoms with Crippen molar-refractivity contribution in [3.05, 3.63) is 83.2 Å². The number of para-hydroxylation sites is 2. The monoisotopic (exact) mass is 430 g/mol. The Bertz CT molecular complexity index is 1210. The molecule has 3 aromatic carbocycles. The largest absolute Gasteiger partial charge is 0.493 e. The van der Waals surface area contributed by atoms with Crippen LogP contribution >= 0.6 is 0 Å². The summed E-state index contributed by atoms with van der Waals surface area (Å²) < 4.78 is 19.2. The van der Waals surface area contributed by atoms with Crippen LogP contribution in [0, 0.1) is 13.8 Å². The molecule has 0 bridgehead atoms. The van der Waals surface area contributed by atoms with Crippen molar-refractivity contribution in [1.29, 1.82) is 0 Å². The Morgan fingerprint density at radius 3 is 2.47 bits per heavy atom. The summed E-state index contributed by atoms with van der Waals surface area (Å²) >= 11 is 0. The van der Waals surface area contributed by atoms with E-state index in [4.69, 9.17) is 19.2 Å². The lowest BCUT2D eigenvalue weighted by Gasteiger charge is -2.13. The summed E-state index contributed by atoms with van der Waals surface area (Å²) in [5, 5.41) is 0. The fraction of sp³-hybridized carbons (Fsp3) is 0.296. The Labute approximate surface area is 189 Å². The minimum atomic E-state index is 0.659. The predicted molar refractivity (Wildman–Crippen MR) is 128 cm³/mol. The quantitative estimate of drug-likeness (QED) is 0.318. The van der Waals surface area contributed by atoms with Gasteiger partial charge in [-0.05, 0) is 67.3 Å². The number of aryl methyl sites for hydroxylation is 3. The third-order valence-corrected chi connectivity index (χ3v) is 5.67. The first-order valence-corrected chi connectivity index (χ1v) is 10.9. The van der Waals surface area contributed by atoms with Crippen LogP contribution < -0.4 is 14.2 Å². The minimum absolute atomic E-state index is 0.659. The van der Waals surface area contributed by atoms with Crippen LogP contribution in [0.2, 0.25) is 0 Å². The topological polar surface area (TPSA) is 45.5 Å². The van der Waals surface area contributed by atoms with Gasteiger partial charge in [-0.2, -0.15) is 0 Å². The van der Waals surface area contributed by atoms with Gasteiger partial charge in [0.05, 0.1) is 31.9 Å². The van der Waals surface area contributed by atoms with E-state index in [9.17, 15) is 0 Å². The second kappa shape index (κ2) is 9.77. The summed E-state index contributed by atoms with van der Waals surface area (Å²) in [5.74, 6) is 3.46. The number of hydrogen-bond acceptors (Lipinski definition) is 4. The number of imidazole rings is 1. The molecule has 0 radical (unpaired) electrons. The van der Waals surface area contributed by atoms with Crippen LogP contribution in [0.4, 0.5) is 0 Å². The fourth-order valence-corrected chi connectivity index (χ4v) is 3.95. The molecular formula is C27H30N2O3. The number of methoxy groups -OCH3 is 2. The predicted octanol–water partition coefficient (Wildman–Crippen LogP) is 5.73. The van der Waals surface area contributed by atoms with Gasteiger partial charge in [0, 0.05) is 13.0 Å². The number of ether oxygens (including phenoxy) is 3. The summed E-state index contributed by atoms with van der Waals surface area (Å²) in [5.41, 5.74) is 5.67. The lowest BCUT2D eigenvalue weighted by atomic mass is 10.1. The number of nitrogens with zero attached hydrogens (tertiary/aromatic N) is 2. The molecule has 4 aromatic rings. The van der Waals surface area contributed by atoms with E-state index in [2.05, 4.69) is 60.9 Å². The van der Waals surface area contributed by atoms with Gasteiger partial charge in [-0.15, -0.1) is 0 Å². The van der Waals surface area contributed by atoms with Gasteiger partial charge >= 0.3 is 0 Å². The number of benzene rings is 3. The number of aromatic nitrogens is 2. The normalized spacial score (nSPS) is 11.0. The summed E-state index contributed by atoms with van der Waals surface area (Å²) in [4.78, 5) is 4.92. The van der Waals surface area contributed by atoms with Gasteiger partial charge in [-0.25, -0.2) is 4.98 Å². The average Bonchev–Trinajstić information content (AvgIpc) is 3.15. The van der Waals surface area contributed by atoms with Crippen LogP contribution in [0.15, 0.2) is 60.7 Å². The zero-order valence-electron chi connectivity index (χ0n) is 19.2. The first-order valence-electron chi connectivity index (χ1n) is 10.9. The van der Waals surface area contributed by atoms with E-state index in [-0.39, 0.29) is 0 Å². The molecule has 0 aliphatic rings. The third kappa shape index (κ3) is 4.72. The first-order chi connectivity index (χ1) is 15.6. The zero-order chi connectivity index (χ0) is 22.5. The molecular weight excluding hydrogens is 400 g/mol. The number of fused-ring (bicyclic) bond motifs is 1. The summed E-state index contributed by atoms with van der Waals surface area (Å²) in [7, 11) is 3.31. The van der Waals surface area contributed by atoms with Gasteiger partial charge in [0.2, 0.25) is 0 Å². The minimum Gasteiger partial charge on any atom is -0.493 e. The SMILES string of the molecule is COc1ccc(Cc2nc3ccccc3n2CCCOc2cc(C)ccc2C)cc1OC. The molecule has 0 unspecified atom stereocenters. The maximum Gasteiger partial charge on any atom is 0.161 e. The molecule has 0 atom stereocenters. The molecule has 0 amide bonds. The molecule has 0 spiro atoms. The van der Waals surface area contributed by atoms with Gasteiger partial charge < -0.3 is 18.8 Å². The Balaban J connectivity index is 1.52. The molecule has 32 heavy (non-hydrogen) atoms. The first kappa shape index (κ1) is 21.8. The molecule has 166 valence electrons. The molecule has 0 saturated heterocycles. The molecule has 1 heterocycles. The summed E-state index contributed by atoms with van der Waals surface area (Å²) in [6.45, 7) is 5.67. The highest BCUT2D eigenvalue weighted by atomic mass is 16.5. The number of rotatable bonds is 9. The average molecular weight is 431 g/mol. The fourth-order valence-electron chi connectivity index (χ4n) is 3.95. The van der Waals surface area contributed by atoms with E-state index in [1.807, 2.05) is 18.2 Å². The Kier molecular flexibility index (Phi) is 6.64. The smallest absolute Gasteiger partial charge is 0.161 e. The van der Waals surface area contributed by atoms with Crippen molar-refractivity contribution in [3.63, 3.8) is 0 Å². The second-order valence-corrected chi connectivity index (χ2v) is 8.01. The lowest BCUT2D eigenvalue weighted by molar-refractivity contribution is 0.300. The van der Waals surface area contributed by atoms with E-state index in [0.29, 0.717) is 13.0 Å².